The number of benzene rings is 1. The number of nitro benzene ring substituents is 1. The number of hydrogen-bond acceptors (Lipinski definition) is 6. The molecule has 2 rings (SSSR count). The first kappa shape index (κ1) is 16.9. The van der Waals surface area contributed by atoms with Gasteiger partial charge in [0.25, 0.3) is 5.69 Å². The molecule has 1 heterocycles. The van der Waals surface area contributed by atoms with E-state index in [4.69, 9.17) is 5.14 Å². The number of nitro groups is 1. The van der Waals surface area contributed by atoms with Gasteiger partial charge in [-0.25, -0.2) is 13.6 Å². The zero-order chi connectivity index (χ0) is 17.2. The van der Waals surface area contributed by atoms with Crippen LogP contribution in [0.5, 0.6) is 0 Å². The third-order valence-electron chi connectivity index (χ3n) is 3.29. The number of anilines is 1. The van der Waals surface area contributed by atoms with Gasteiger partial charge in [0.15, 0.2) is 0 Å². The Morgan fingerprint density at radius 3 is 2.70 bits per heavy atom. The summed E-state index contributed by atoms with van der Waals surface area (Å²) in [4.78, 5) is 10.2. The summed E-state index contributed by atoms with van der Waals surface area (Å²) in [6.07, 6.45) is 2.57. The Kier molecular flexibility index (Phi) is 4.66. The number of aryl methyl sites for hydroxylation is 2. The van der Waals surface area contributed by atoms with Crippen molar-refractivity contribution in [1.82, 2.24) is 9.78 Å². The van der Waals surface area contributed by atoms with E-state index >= 15 is 0 Å². The van der Waals surface area contributed by atoms with E-state index in [9.17, 15) is 18.5 Å². The summed E-state index contributed by atoms with van der Waals surface area (Å²) in [6, 6.07) is 3.51. The van der Waals surface area contributed by atoms with Crippen molar-refractivity contribution in [2.75, 3.05) is 5.32 Å². The molecule has 0 bridgehead atoms. The zero-order valence-electron chi connectivity index (χ0n) is 12.7. The van der Waals surface area contributed by atoms with Crippen LogP contribution in [0.15, 0.2) is 29.3 Å². The second kappa shape index (κ2) is 6.34. The van der Waals surface area contributed by atoms with Crippen LogP contribution in [-0.4, -0.2) is 23.1 Å². The molecular weight excluding hydrogens is 322 g/mol. The topological polar surface area (TPSA) is 133 Å². The number of nitrogens with zero attached hydrogens (tertiary/aromatic N) is 3. The van der Waals surface area contributed by atoms with E-state index in [0.29, 0.717) is 6.54 Å². The molecule has 0 saturated heterocycles. The molecule has 23 heavy (non-hydrogen) atoms. The van der Waals surface area contributed by atoms with Gasteiger partial charge in [0.05, 0.1) is 15.5 Å². The second-order valence-electron chi connectivity index (χ2n) is 4.96. The molecule has 0 spiro atoms. The molecule has 0 saturated carbocycles. The van der Waals surface area contributed by atoms with Gasteiger partial charge in [-0.2, -0.15) is 5.10 Å². The van der Waals surface area contributed by atoms with Crippen LogP contribution in [0.1, 0.15) is 18.2 Å². The van der Waals surface area contributed by atoms with Crippen LogP contribution < -0.4 is 10.5 Å². The van der Waals surface area contributed by atoms with Crippen LogP contribution in [0, 0.1) is 10.1 Å². The lowest BCUT2D eigenvalue weighted by Crippen LogP contribution is -2.13. The summed E-state index contributed by atoms with van der Waals surface area (Å²) in [5.74, 6) is 0. The van der Waals surface area contributed by atoms with E-state index in [0.717, 1.165) is 23.7 Å². The van der Waals surface area contributed by atoms with E-state index in [2.05, 4.69) is 10.4 Å². The fraction of sp³-hybridized carbons (Fsp3) is 0.308. The number of nitrogens with one attached hydrogen (secondary N) is 1. The summed E-state index contributed by atoms with van der Waals surface area (Å²) in [6.45, 7) is 2.31. The minimum absolute atomic E-state index is 0.216. The van der Waals surface area contributed by atoms with Gasteiger partial charge in [-0.1, -0.05) is 6.92 Å². The lowest BCUT2D eigenvalue weighted by molar-refractivity contribution is -0.384. The molecule has 0 aliphatic carbocycles. The van der Waals surface area contributed by atoms with Gasteiger partial charge in [-0.3, -0.25) is 14.8 Å². The van der Waals surface area contributed by atoms with Crippen molar-refractivity contribution in [3.63, 3.8) is 0 Å². The Hall–Kier alpha value is -2.46. The second-order valence-corrected chi connectivity index (χ2v) is 6.52. The zero-order valence-corrected chi connectivity index (χ0v) is 13.5. The molecule has 0 aliphatic rings. The highest BCUT2D eigenvalue weighted by Gasteiger charge is 2.19. The molecule has 9 nitrogen and oxygen atoms in total. The highest BCUT2D eigenvalue weighted by Crippen LogP contribution is 2.27. The van der Waals surface area contributed by atoms with E-state index in [-0.39, 0.29) is 16.3 Å². The normalized spacial score (nSPS) is 11.4. The third kappa shape index (κ3) is 3.85. The summed E-state index contributed by atoms with van der Waals surface area (Å²) < 4.78 is 24.3. The van der Waals surface area contributed by atoms with Gasteiger partial charge in [0.2, 0.25) is 10.0 Å². The first-order valence-electron chi connectivity index (χ1n) is 6.79. The molecule has 0 amide bonds. The fourth-order valence-electron chi connectivity index (χ4n) is 2.21. The first-order chi connectivity index (χ1) is 10.7. The third-order valence-corrected chi connectivity index (χ3v) is 4.20. The average molecular weight is 339 g/mol. The lowest BCUT2D eigenvalue weighted by atomic mass is 10.2. The Labute approximate surface area is 133 Å². The fourth-order valence-corrected chi connectivity index (χ4v) is 2.74. The molecule has 10 heteroatoms. The number of nitrogens with two attached hydrogens (primary N) is 1. The molecule has 0 radical (unpaired) electrons. The van der Waals surface area contributed by atoms with Gasteiger partial charge in [-0.05, 0) is 18.6 Å². The van der Waals surface area contributed by atoms with E-state index in [1.807, 2.05) is 13.1 Å². The molecule has 1 aromatic heterocycles. The molecule has 2 aromatic rings. The average Bonchev–Trinajstić information content (AvgIpc) is 2.84. The van der Waals surface area contributed by atoms with Crippen LogP contribution >= 0.6 is 0 Å². The van der Waals surface area contributed by atoms with E-state index < -0.39 is 14.9 Å². The molecule has 124 valence electrons. The minimum Gasteiger partial charge on any atom is -0.375 e. The molecular formula is C13H17N5O4S. The number of primary sulfonamides is 1. The maximum Gasteiger partial charge on any atom is 0.293 e. The maximum absolute atomic E-state index is 11.3. The van der Waals surface area contributed by atoms with E-state index in [1.54, 1.807) is 11.7 Å². The van der Waals surface area contributed by atoms with Crippen LogP contribution in [0.4, 0.5) is 11.4 Å². The minimum atomic E-state index is -4.00. The van der Waals surface area contributed by atoms with Crippen molar-refractivity contribution in [3.05, 3.63) is 45.8 Å². The monoisotopic (exact) mass is 339 g/mol. The molecule has 0 aliphatic heterocycles. The van der Waals surface area contributed by atoms with Gasteiger partial charge >= 0.3 is 0 Å². The lowest BCUT2D eigenvalue weighted by Gasteiger charge is -2.08. The smallest absolute Gasteiger partial charge is 0.293 e. The largest absolute Gasteiger partial charge is 0.375 e. The van der Waals surface area contributed by atoms with Gasteiger partial charge in [-0.15, -0.1) is 0 Å². The predicted molar refractivity (Wildman–Crippen MR) is 84.4 cm³/mol. The highest BCUT2D eigenvalue weighted by molar-refractivity contribution is 7.89. The van der Waals surface area contributed by atoms with Gasteiger partial charge in [0, 0.05) is 31.4 Å². The summed E-state index contributed by atoms with van der Waals surface area (Å²) >= 11 is 0. The summed E-state index contributed by atoms with van der Waals surface area (Å²) in [5, 5.41) is 23.4. The standard InChI is InChI=1S/C13H17N5O4S/c1-3-11-9(8-17(2)16-11)7-15-12-5-4-10(23(14,21)22)6-13(12)18(19)20/h4-6,8,15H,3,7H2,1-2H3,(H2,14,21,22). The molecule has 0 unspecified atom stereocenters. The van der Waals surface area contributed by atoms with Crippen molar-refractivity contribution in [2.45, 2.75) is 24.8 Å². The van der Waals surface area contributed by atoms with Crippen molar-refractivity contribution < 1.29 is 13.3 Å². The molecule has 1 aromatic carbocycles. The van der Waals surface area contributed by atoms with Crippen molar-refractivity contribution in [3.8, 4) is 0 Å². The Balaban J connectivity index is 2.31. The SMILES string of the molecule is CCc1nn(C)cc1CNc1ccc(S(N)(=O)=O)cc1[N+](=O)[O-]. The summed E-state index contributed by atoms with van der Waals surface area (Å²) in [7, 11) is -2.20. The van der Waals surface area contributed by atoms with E-state index in [1.165, 1.54) is 12.1 Å². The maximum atomic E-state index is 11.3. The Morgan fingerprint density at radius 2 is 2.13 bits per heavy atom. The summed E-state index contributed by atoms with van der Waals surface area (Å²) in [5.41, 5.74) is 1.68. The highest BCUT2D eigenvalue weighted by atomic mass is 32.2. The number of hydrogen-bond donors (Lipinski definition) is 2. The van der Waals surface area contributed by atoms with Crippen LogP contribution in [0.3, 0.4) is 0 Å². The Morgan fingerprint density at radius 1 is 1.43 bits per heavy atom. The van der Waals surface area contributed by atoms with Crippen LogP contribution in [0.2, 0.25) is 0 Å². The van der Waals surface area contributed by atoms with Crippen LogP contribution in [0.25, 0.3) is 0 Å². The van der Waals surface area contributed by atoms with Crippen molar-refractivity contribution in [1.29, 1.82) is 0 Å². The number of sulfonamides is 1. The van der Waals surface area contributed by atoms with Crippen molar-refractivity contribution in [2.24, 2.45) is 12.2 Å². The predicted octanol–water partition coefficient (Wildman–Crippen LogP) is 1.15. The quantitative estimate of drug-likeness (QED) is 0.599. The number of rotatable bonds is 6. The molecule has 0 atom stereocenters. The van der Waals surface area contributed by atoms with Gasteiger partial charge in [0.1, 0.15) is 5.69 Å². The molecule has 0 fully saturated rings. The molecule has 3 N–H and O–H groups in total. The number of aromatic nitrogens is 2. The Bertz CT molecular complexity index is 844. The van der Waals surface area contributed by atoms with Gasteiger partial charge < -0.3 is 5.32 Å². The van der Waals surface area contributed by atoms with Crippen molar-refractivity contribution >= 4 is 21.4 Å². The first-order valence-corrected chi connectivity index (χ1v) is 8.33. The van der Waals surface area contributed by atoms with Crippen LogP contribution in [-0.2, 0) is 30.0 Å².